The Labute approximate surface area is 193 Å². The first kappa shape index (κ1) is 24.3. The molecular weight excluding hydrogens is 448 g/mol. The van der Waals surface area contributed by atoms with Crippen molar-refractivity contribution in [3.05, 3.63) is 46.4 Å². The summed E-state index contributed by atoms with van der Waals surface area (Å²) in [6.45, 7) is 2.94. The van der Waals surface area contributed by atoms with Crippen LogP contribution in [-0.4, -0.2) is 51.5 Å². The molecule has 33 heavy (non-hydrogen) atoms. The molecule has 0 fully saturated rings. The Bertz CT molecular complexity index is 1180. The molecule has 0 saturated heterocycles. The Balaban J connectivity index is 1.94. The second-order valence-electron chi connectivity index (χ2n) is 6.95. The maximum absolute atomic E-state index is 13.1. The molecule has 1 aromatic carbocycles. The molecular formula is C21H26N6O5S. The molecule has 0 bridgehead atoms. The van der Waals surface area contributed by atoms with Gasteiger partial charge < -0.3 is 19.8 Å². The van der Waals surface area contributed by atoms with Crippen LogP contribution < -0.4 is 30.8 Å². The zero-order valence-corrected chi connectivity index (χ0v) is 19.4. The van der Waals surface area contributed by atoms with Gasteiger partial charge in [-0.05, 0) is 37.6 Å². The van der Waals surface area contributed by atoms with E-state index in [1.54, 1.807) is 25.3 Å². The zero-order valence-electron chi connectivity index (χ0n) is 18.6. The number of pyridine rings is 1. The van der Waals surface area contributed by atoms with Gasteiger partial charge >= 0.3 is 0 Å². The smallest absolute Gasteiger partial charge is 0.262 e. The van der Waals surface area contributed by atoms with Crippen molar-refractivity contribution in [1.29, 1.82) is 0 Å². The van der Waals surface area contributed by atoms with Crippen LogP contribution in [-0.2, 0) is 17.9 Å². The number of hydrogen-bond acceptors (Lipinski definition) is 9. The highest BCUT2D eigenvalue weighted by molar-refractivity contribution is 7.88. The summed E-state index contributed by atoms with van der Waals surface area (Å²) < 4.78 is 26.5. The summed E-state index contributed by atoms with van der Waals surface area (Å²) in [4.78, 5) is 34.2. The number of aromatic nitrogens is 3. The average Bonchev–Trinajstić information content (AvgIpc) is 2.79. The normalized spacial score (nSPS) is 11.9. The fourth-order valence-corrected chi connectivity index (χ4v) is 3.56. The first-order valence-corrected chi connectivity index (χ1v) is 11.8. The molecule has 2 aromatic heterocycles. The monoisotopic (exact) mass is 474 g/mol. The standard InChI is InChI=1S/C21H26N6O5S/c1-4-27-20(29)14-7-8-15(32-11-5-10-24-33(3)30)18(31-2)17(14)25-21(27)26-19(28)13-6-9-16(22)23-12-13/h6-9,12,24H,4-5,10-11H2,1-3H3,(H2,22,23)(H,25,26,28). The summed E-state index contributed by atoms with van der Waals surface area (Å²) in [5, 5.41) is 3.00. The van der Waals surface area contributed by atoms with Crippen LogP contribution in [0.15, 0.2) is 35.3 Å². The summed E-state index contributed by atoms with van der Waals surface area (Å²) >= 11 is -1.09. The molecule has 0 aliphatic rings. The summed E-state index contributed by atoms with van der Waals surface area (Å²) in [5.41, 5.74) is 5.79. The second-order valence-corrected chi connectivity index (χ2v) is 8.15. The Kier molecular flexibility index (Phi) is 8.09. The van der Waals surface area contributed by atoms with Gasteiger partial charge in [0, 0.05) is 30.6 Å². The quantitative estimate of drug-likeness (QED) is 0.291. The van der Waals surface area contributed by atoms with Crippen molar-refractivity contribution in [2.75, 3.05) is 37.6 Å². The fourth-order valence-electron chi connectivity index (χ4n) is 3.13. The molecule has 0 saturated carbocycles. The van der Waals surface area contributed by atoms with E-state index in [2.05, 4.69) is 20.0 Å². The Morgan fingerprint density at radius 2 is 2.09 bits per heavy atom. The van der Waals surface area contributed by atoms with Crippen molar-refractivity contribution in [2.24, 2.45) is 0 Å². The highest BCUT2D eigenvalue weighted by Gasteiger charge is 2.19. The lowest BCUT2D eigenvalue weighted by Crippen LogP contribution is -2.27. The minimum absolute atomic E-state index is 0.0712. The summed E-state index contributed by atoms with van der Waals surface area (Å²) in [6, 6.07) is 6.30. The number of nitrogens with one attached hydrogen (secondary N) is 2. The summed E-state index contributed by atoms with van der Waals surface area (Å²) in [7, 11) is 1.45. The average molecular weight is 475 g/mol. The molecule has 0 aliphatic heterocycles. The molecule has 2 heterocycles. The van der Waals surface area contributed by atoms with Crippen LogP contribution in [0.4, 0.5) is 11.8 Å². The number of ether oxygens (including phenoxy) is 2. The predicted molar refractivity (Wildman–Crippen MR) is 127 cm³/mol. The van der Waals surface area contributed by atoms with E-state index in [9.17, 15) is 14.1 Å². The molecule has 1 atom stereocenters. The maximum Gasteiger partial charge on any atom is 0.262 e. The molecule has 176 valence electrons. The Morgan fingerprint density at radius 3 is 2.73 bits per heavy atom. The van der Waals surface area contributed by atoms with Gasteiger partial charge in [0.25, 0.3) is 11.5 Å². The number of nitrogens with two attached hydrogens (primary N) is 1. The number of methoxy groups -OCH3 is 1. The number of nitrogens with zero attached hydrogens (tertiary/aromatic N) is 3. The third kappa shape index (κ3) is 5.72. The van der Waals surface area contributed by atoms with Gasteiger partial charge in [-0.25, -0.2) is 9.97 Å². The lowest BCUT2D eigenvalue weighted by molar-refractivity contribution is 0.102. The van der Waals surface area contributed by atoms with Crippen LogP contribution in [0.2, 0.25) is 0 Å². The van der Waals surface area contributed by atoms with E-state index < -0.39 is 17.3 Å². The van der Waals surface area contributed by atoms with Gasteiger partial charge in [0.05, 0.1) is 24.7 Å². The van der Waals surface area contributed by atoms with Crippen molar-refractivity contribution in [3.63, 3.8) is 0 Å². The maximum atomic E-state index is 13.1. The topological polar surface area (TPSA) is 156 Å². The van der Waals surface area contributed by atoms with Crippen LogP contribution in [0.5, 0.6) is 11.5 Å². The number of anilines is 2. The van der Waals surface area contributed by atoms with Gasteiger partial charge in [-0.2, -0.15) is 0 Å². The molecule has 12 heteroatoms. The van der Waals surface area contributed by atoms with Gasteiger partial charge in [0.2, 0.25) is 5.95 Å². The highest BCUT2D eigenvalue weighted by Crippen LogP contribution is 2.34. The molecule has 0 spiro atoms. The summed E-state index contributed by atoms with van der Waals surface area (Å²) in [6.07, 6.45) is 3.51. The fraction of sp³-hybridized carbons (Fsp3) is 0.333. The van der Waals surface area contributed by atoms with E-state index in [-0.39, 0.29) is 34.2 Å². The number of hydrogen-bond donors (Lipinski definition) is 3. The van der Waals surface area contributed by atoms with E-state index in [0.717, 1.165) is 0 Å². The van der Waals surface area contributed by atoms with Crippen molar-refractivity contribution in [2.45, 2.75) is 19.9 Å². The van der Waals surface area contributed by atoms with E-state index >= 15 is 0 Å². The van der Waals surface area contributed by atoms with E-state index in [4.69, 9.17) is 15.2 Å². The molecule has 11 nitrogen and oxygen atoms in total. The highest BCUT2D eigenvalue weighted by atomic mass is 32.2. The van der Waals surface area contributed by atoms with Crippen molar-refractivity contribution in [3.8, 4) is 11.5 Å². The second kappa shape index (κ2) is 11.0. The molecule has 0 aliphatic carbocycles. The van der Waals surface area contributed by atoms with E-state index in [0.29, 0.717) is 37.3 Å². The van der Waals surface area contributed by atoms with Crippen molar-refractivity contribution >= 4 is 39.9 Å². The zero-order chi connectivity index (χ0) is 24.0. The molecule has 0 radical (unpaired) electrons. The molecule has 3 aromatic rings. The van der Waals surface area contributed by atoms with Gasteiger partial charge in [0.1, 0.15) is 17.6 Å². The van der Waals surface area contributed by atoms with E-state index in [1.807, 2.05) is 0 Å². The number of fused-ring (bicyclic) bond motifs is 1. The first-order valence-electron chi connectivity index (χ1n) is 10.2. The third-order valence-electron chi connectivity index (χ3n) is 4.72. The first-order chi connectivity index (χ1) is 15.8. The largest absolute Gasteiger partial charge is 0.598 e. The van der Waals surface area contributed by atoms with Gasteiger partial charge in [-0.15, -0.1) is 4.72 Å². The van der Waals surface area contributed by atoms with Crippen LogP contribution in [0.3, 0.4) is 0 Å². The number of amides is 1. The lowest BCUT2D eigenvalue weighted by atomic mass is 10.2. The van der Waals surface area contributed by atoms with Gasteiger partial charge in [-0.1, -0.05) is 0 Å². The van der Waals surface area contributed by atoms with Gasteiger partial charge in [-0.3, -0.25) is 19.5 Å². The Morgan fingerprint density at radius 1 is 1.30 bits per heavy atom. The van der Waals surface area contributed by atoms with Crippen molar-refractivity contribution < 1.29 is 18.8 Å². The molecule has 3 rings (SSSR count). The van der Waals surface area contributed by atoms with E-state index in [1.165, 1.54) is 30.0 Å². The lowest BCUT2D eigenvalue weighted by Gasteiger charge is -2.16. The minimum atomic E-state index is -1.09. The molecule has 1 unspecified atom stereocenters. The predicted octanol–water partition coefficient (Wildman–Crippen LogP) is 1.31. The number of rotatable bonds is 10. The third-order valence-corrected chi connectivity index (χ3v) is 5.33. The molecule has 4 N–H and O–H groups in total. The Hall–Kier alpha value is -3.35. The van der Waals surface area contributed by atoms with Crippen LogP contribution in [0.25, 0.3) is 10.9 Å². The van der Waals surface area contributed by atoms with Crippen molar-refractivity contribution in [1.82, 2.24) is 19.3 Å². The number of carbonyl (C=O) groups excluding carboxylic acids is 1. The molecule has 1 amide bonds. The number of carbonyl (C=O) groups is 1. The van der Waals surface area contributed by atoms with Crippen LogP contribution in [0, 0.1) is 0 Å². The SMILES string of the molecule is CCn1c(NC(=O)c2ccc(N)nc2)nc2c(OC)c(OCCCN[S+](C)[O-])ccc2c1=O. The van der Waals surface area contributed by atoms with Crippen LogP contribution in [0.1, 0.15) is 23.7 Å². The summed E-state index contributed by atoms with van der Waals surface area (Å²) in [5.74, 6) is 0.565. The minimum Gasteiger partial charge on any atom is -0.598 e. The van der Waals surface area contributed by atoms with Crippen LogP contribution >= 0.6 is 0 Å². The van der Waals surface area contributed by atoms with Gasteiger partial charge in [0.15, 0.2) is 11.5 Å². The number of benzene rings is 1. The number of nitrogen functional groups attached to an aromatic ring is 1.